The molecule has 0 bridgehead atoms. The number of methoxy groups -OCH3 is 2. The molecule has 1 aliphatic rings. The highest BCUT2D eigenvalue weighted by Gasteiger charge is 2.23. The summed E-state index contributed by atoms with van der Waals surface area (Å²) in [5.74, 6) is 1.66. The highest BCUT2D eigenvalue weighted by molar-refractivity contribution is 5.82. The molecule has 1 unspecified atom stereocenters. The van der Waals surface area contributed by atoms with Crippen molar-refractivity contribution in [3.8, 4) is 11.5 Å². The van der Waals surface area contributed by atoms with Gasteiger partial charge in [-0.1, -0.05) is 48.6 Å². The Hall–Kier alpha value is -3.33. The Labute approximate surface area is 170 Å². The van der Waals surface area contributed by atoms with Crippen LogP contribution >= 0.6 is 0 Å². The van der Waals surface area contributed by atoms with E-state index in [0.29, 0.717) is 0 Å². The molecule has 146 valence electrons. The van der Waals surface area contributed by atoms with Gasteiger partial charge >= 0.3 is 0 Å². The van der Waals surface area contributed by atoms with Gasteiger partial charge in [0.1, 0.15) is 17.3 Å². The van der Waals surface area contributed by atoms with Crippen molar-refractivity contribution in [1.82, 2.24) is 0 Å². The van der Waals surface area contributed by atoms with Gasteiger partial charge in [0.15, 0.2) is 0 Å². The van der Waals surface area contributed by atoms with E-state index in [0.717, 1.165) is 23.5 Å². The van der Waals surface area contributed by atoms with Gasteiger partial charge in [0.2, 0.25) is 0 Å². The van der Waals surface area contributed by atoms with Crippen molar-refractivity contribution in [1.29, 1.82) is 0 Å². The molecule has 0 radical (unpaired) electrons. The summed E-state index contributed by atoms with van der Waals surface area (Å²) in [5, 5.41) is 0. The molecule has 0 heterocycles. The van der Waals surface area contributed by atoms with Gasteiger partial charge in [-0.05, 0) is 70.7 Å². The van der Waals surface area contributed by atoms with Crippen molar-refractivity contribution in [2.45, 2.75) is 12.3 Å². The first-order valence-electron chi connectivity index (χ1n) is 9.63. The maximum atomic E-state index is 13.4. The Morgan fingerprint density at radius 1 is 0.690 bits per heavy atom. The summed E-state index contributed by atoms with van der Waals surface area (Å²) in [7, 11) is 3.35. The Balaban J connectivity index is 1.75. The average Bonchev–Trinajstić information content (AvgIpc) is 2.79. The van der Waals surface area contributed by atoms with Crippen LogP contribution in [0.5, 0.6) is 11.5 Å². The van der Waals surface area contributed by atoms with Crippen LogP contribution in [0.15, 0.2) is 84.9 Å². The Bertz CT molecular complexity index is 1030. The maximum Gasteiger partial charge on any atom is 0.123 e. The van der Waals surface area contributed by atoms with Gasteiger partial charge in [0.25, 0.3) is 0 Å². The van der Waals surface area contributed by atoms with E-state index in [1.54, 1.807) is 14.2 Å². The van der Waals surface area contributed by atoms with Crippen molar-refractivity contribution in [2.75, 3.05) is 14.2 Å². The van der Waals surface area contributed by atoms with E-state index in [2.05, 4.69) is 36.4 Å². The van der Waals surface area contributed by atoms with Crippen LogP contribution in [-0.4, -0.2) is 14.2 Å². The fourth-order valence-corrected chi connectivity index (χ4v) is 3.80. The molecule has 3 aromatic rings. The summed E-state index contributed by atoms with van der Waals surface area (Å²) in [6.45, 7) is 0. The van der Waals surface area contributed by atoms with Crippen LogP contribution in [0.4, 0.5) is 4.39 Å². The molecule has 0 saturated carbocycles. The lowest BCUT2D eigenvalue weighted by Crippen LogP contribution is -2.07. The van der Waals surface area contributed by atoms with Gasteiger partial charge in [-0.15, -0.1) is 0 Å². The number of ether oxygens (including phenoxy) is 2. The predicted octanol–water partition coefficient (Wildman–Crippen LogP) is 6.50. The first kappa shape index (κ1) is 19.0. The summed E-state index contributed by atoms with van der Waals surface area (Å²) in [5.41, 5.74) is 5.89. The van der Waals surface area contributed by atoms with Crippen LogP contribution in [0, 0.1) is 5.82 Å². The summed E-state index contributed by atoms with van der Waals surface area (Å²) >= 11 is 0. The zero-order valence-electron chi connectivity index (χ0n) is 16.6. The van der Waals surface area contributed by atoms with Crippen molar-refractivity contribution in [3.63, 3.8) is 0 Å². The second-order valence-electron chi connectivity index (χ2n) is 7.08. The van der Waals surface area contributed by atoms with Gasteiger partial charge in [-0.25, -0.2) is 4.39 Å². The number of rotatable bonds is 5. The molecule has 3 aromatic carbocycles. The molecule has 2 nitrogen and oxygen atoms in total. The van der Waals surface area contributed by atoms with Crippen molar-refractivity contribution in [2.24, 2.45) is 0 Å². The van der Waals surface area contributed by atoms with Crippen molar-refractivity contribution in [3.05, 3.63) is 107 Å². The Morgan fingerprint density at radius 2 is 1.24 bits per heavy atom. The molecule has 1 atom stereocenters. The van der Waals surface area contributed by atoms with Crippen LogP contribution in [0.25, 0.3) is 11.1 Å². The topological polar surface area (TPSA) is 18.5 Å². The molecule has 0 saturated heterocycles. The number of hydrogen-bond acceptors (Lipinski definition) is 2. The second-order valence-corrected chi connectivity index (χ2v) is 7.08. The molecule has 0 fully saturated rings. The predicted molar refractivity (Wildman–Crippen MR) is 116 cm³/mol. The molecule has 0 aliphatic heterocycles. The number of benzene rings is 3. The minimum absolute atomic E-state index is 0.194. The van der Waals surface area contributed by atoms with Crippen LogP contribution in [0.1, 0.15) is 29.0 Å². The number of allylic oxidation sites excluding steroid dienone is 4. The Morgan fingerprint density at radius 3 is 1.83 bits per heavy atom. The van der Waals surface area contributed by atoms with Gasteiger partial charge in [-0.3, -0.25) is 0 Å². The molecule has 1 aliphatic carbocycles. The third-order valence-corrected chi connectivity index (χ3v) is 5.42. The van der Waals surface area contributed by atoms with E-state index in [9.17, 15) is 4.39 Å². The zero-order valence-corrected chi connectivity index (χ0v) is 16.6. The third kappa shape index (κ3) is 4.09. The molecule has 0 amide bonds. The maximum absolute atomic E-state index is 13.4. The molecule has 4 rings (SSSR count). The summed E-state index contributed by atoms with van der Waals surface area (Å²) in [6, 6.07) is 23.1. The lowest BCUT2D eigenvalue weighted by atomic mass is 9.77. The lowest BCUT2D eigenvalue weighted by molar-refractivity contribution is 0.414. The first-order valence-corrected chi connectivity index (χ1v) is 9.63. The average molecular weight is 386 g/mol. The highest BCUT2D eigenvalue weighted by Crippen LogP contribution is 2.43. The van der Waals surface area contributed by atoms with E-state index >= 15 is 0 Å². The largest absolute Gasteiger partial charge is 0.497 e. The van der Waals surface area contributed by atoms with E-state index in [-0.39, 0.29) is 11.7 Å². The summed E-state index contributed by atoms with van der Waals surface area (Å²) < 4.78 is 24.0. The van der Waals surface area contributed by atoms with Gasteiger partial charge in [0, 0.05) is 5.92 Å². The minimum atomic E-state index is -0.216. The molecule has 0 aromatic heterocycles. The molecular weight excluding hydrogens is 363 g/mol. The third-order valence-electron chi connectivity index (χ3n) is 5.42. The normalized spacial score (nSPS) is 16.0. The van der Waals surface area contributed by atoms with Gasteiger partial charge in [-0.2, -0.15) is 0 Å². The molecule has 0 N–H and O–H groups in total. The van der Waals surface area contributed by atoms with Crippen molar-refractivity contribution >= 4 is 11.1 Å². The Kier molecular flexibility index (Phi) is 5.48. The minimum Gasteiger partial charge on any atom is -0.497 e. The van der Waals surface area contributed by atoms with Crippen LogP contribution in [0.2, 0.25) is 0 Å². The highest BCUT2D eigenvalue weighted by atomic mass is 19.1. The van der Waals surface area contributed by atoms with E-state index < -0.39 is 0 Å². The van der Waals surface area contributed by atoms with E-state index in [1.807, 2.05) is 36.4 Å². The lowest BCUT2D eigenvalue weighted by Gasteiger charge is -2.26. The number of hydrogen-bond donors (Lipinski definition) is 0. The van der Waals surface area contributed by atoms with Crippen LogP contribution < -0.4 is 9.47 Å². The monoisotopic (exact) mass is 386 g/mol. The second kappa shape index (κ2) is 8.36. The number of halogens is 1. The SMILES string of the molecule is COc1ccc(C2=CC=C(c3ccc(F)cc3)CC2c2ccc(OC)cc2)cc1. The van der Waals surface area contributed by atoms with Crippen LogP contribution in [-0.2, 0) is 0 Å². The van der Waals surface area contributed by atoms with E-state index in [4.69, 9.17) is 9.47 Å². The smallest absolute Gasteiger partial charge is 0.123 e. The van der Waals surface area contributed by atoms with Gasteiger partial charge in [0.05, 0.1) is 14.2 Å². The first-order chi connectivity index (χ1) is 14.2. The van der Waals surface area contributed by atoms with Crippen molar-refractivity contribution < 1.29 is 13.9 Å². The molecule has 0 spiro atoms. The standard InChI is InChI=1S/C26H23FO2/c1-28-23-12-5-19(6-13-23)25-16-9-21(18-3-10-22(27)11-4-18)17-26(25)20-7-14-24(29-2)15-8-20/h3-16,26H,17H2,1-2H3. The fraction of sp³-hybridized carbons (Fsp3) is 0.154. The van der Waals surface area contributed by atoms with E-state index in [1.165, 1.54) is 34.4 Å². The molecular formula is C26H23FO2. The zero-order chi connectivity index (χ0) is 20.2. The summed E-state index contributed by atoms with van der Waals surface area (Å²) in [6.07, 6.45) is 5.17. The molecule has 3 heteroatoms. The van der Waals surface area contributed by atoms with Gasteiger partial charge < -0.3 is 9.47 Å². The molecule has 29 heavy (non-hydrogen) atoms. The fourth-order valence-electron chi connectivity index (χ4n) is 3.80. The van der Waals surface area contributed by atoms with Crippen LogP contribution in [0.3, 0.4) is 0 Å². The quantitative estimate of drug-likeness (QED) is 0.498. The summed E-state index contributed by atoms with van der Waals surface area (Å²) in [4.78, 5) is 0.